The fourth-order valence-corrected chi connectivity index (χ4v) is 3.72. The van der Waals surface area contributed by atoms with Crippen LogP contribution in [0.3, 0.4) is 0 Å². The second-order valence-corrected chi connectivity index (χ2v) is 7.85. The lowest BCUT2D eigenvalue weighted by molar-refractivity contribution is -0.139. The second-order valence-electron chi connectivity index (χ2n) is 7.85. The van der Waals surface area contributed by atoms with Gasteiger partial charge in [-0.1, -0.05) is 0 Å². The van der Waals surface area contributed by atoms with Crippen LogP contribution >= 0.6 is 0 Å². The Morgan fingerprint density at radius 3 is 2.69 bits per heavy atom. The number of allylic oxidation sites excluding steroid dienone is 1. The van der Waals surface area contributed by atoms with Gasteiger partial charge in [0.05, 0.1) is 18.9 Å². The Morgan fingerprint density at radius 1 is 1.19 bits per heavy atom. The van der Waals surface area contributed by atoms with Crippen molar-refractivity contribution >= 4 is 11.8 Å². The average molecular weight is 441 g/mol. The van der Waals surface area contributed by atoms with Crippen molar-refractivity contribution in [3.05, 3.63) is 59.6 Å². The molecule has 2 aromatic rings. The lowest BCUT2D eigenvalue weighted by Crippen LogP contribution is -2.41. The largest absolute Gasteiger partial charge is 0.491 e. The van der Waals surface area contributed by atoms with Crippen molar-refractivity contribution in [3.8, 4) is 0 Å². The Bertz CT molecular complexity index is 990. The van der Waals surface area contributed by atoms with Crippen LogP contribution in [0.1, 0.15) is 18.1 Å². The zero-order chi connectivity index (χ0) is 22.5. The molecule has 0 aromatic carbocycles. The lowest BCUT2D eigenvalue weighted by Gasteiger charge is -2.27. The molecule has 0 spiro atoms. The van der Waals surface area contributed by atoms with Crippen molar-refractivity contribution in [3.63, 3.8) is 0 Å². The lowest BCUT2D eigenvalue weighted by atomic mass is 10.2. The molecule has 0 bridgehead atoms. The van der Waals surface area contributed by atoms with E-state index >= 15 is 0 Å². The van der Waals surface area contributed by atoms with Crippen molar-refractivity contribution in [1.82, 2.24) is 24.6 Å². The first-order chi connectivity index (χ1) is 15.5. The van der Waals surface area contributed by atoms with Gasteiger partial charge in [0.1, 0.15) is 25.5 Å². The van der Waals surface area contributed by atoms with Crippen LogP contribution in [0.5, 0.6) is 0 Å². The molecule has 10 heteroatoms. The normalized spacial score (nSPS) is 19.4. The molecule has 1 saturated heterocycles. The fraction of sp³-hybridized carbons (Fsp3) is 0.455. The number of carbonyl (C=O) groups excluding carboxylic acids is 2. The van der Waals surface area contributed by atoms with Crippen LogP contribution < -0.4 is 0 Å². The van der Waals surface area contributed by atoms with Gasteiger partial charge in [0.15, 0.2) is 0 Å². The number of hydrogen-bond acceptors (Lipinski definition) is 7. The highest BCUT2D eigenvalue weighted by Crippen LogP contribution is 2.19. The minimum Gasteiger partial charge on any atom is -0.491 e. The molecular weight excluding hydrogens is 414 g/mol. The maximum absolute atomic E-state index is 13.2. The molecule has 1 unspecified atom stereocenters. The topological polar surface area (TPSA) is 99.0 Å². The monoisotopic (exact) mass is 441 g/mol. The summed E-state index contributed by atoms with van der Waals surface area (Å²) in [6, 6.07) is 3.75. The van der Waals surface area contributed by atoms with E-state index in [2.05, 4.69) is 10.1 Å². The predicted octanol–water partition coefficient (Wildman–Crippen LogP) is 0.850. The Kier molecular flexibility index (Phi) is 6.69. The molecule has 32 heavy (non-hydrogen) atoms. The van der Waals surface area contributed by atoms with Gasteiger partial charge in [-0.25, -0.2) is 0 Å². The molecule has 1 fully saturated rings. The molecule has 0 saturated carbocycles. The second kappa shape index (κ2) is 9.82. The van der Waals surface area contributed by atoms with Gasteiger partial charge in [0, 0.05) is 50.8 Å². The average Bonchev–Trinajstić information content (AvgIpc) is 3.14. The van der Waals surface area contributed by atoms with E-state index in [4.69, 9.17) is 14.2 Å². The maximum atomic E-state index is 13.2. The molecule has 2 amide bonds. The van der Waals surface area contributed by atoms with E-state index in [0.29, 0.717) is 38.7 Å². The number of pyridine rings is 1. The van der Waals surface area contributed by atoms with Crippen molar-refractivity contribution in [1.29, 1.82) is 0 Å². The highest BCUT2D eigenvalue weighted by molar-refractivity contribution is 5.95. The van der Waals surface area contributed by atoms with E-state index in [9.17, 15) is 9.59 Å². The summed E-state index contributed by atoms with van der Waals surface area (Å²) in [6.45, 7) is 3.70. The van der Waals surface area contributed by atoms with Gasteiger partial charge in [0.25, 0.3) is 5.91 Å². The molecule has 2 aliphatic rings. The molecular formula is C22H27N5O5. The Balaban J connectivity index is 1.53. The van der Waals surface area contributed by atoms with Gasteiger partial charge in [-0.2, -0.15) is 5.10 Å². The van der Waals surface area contributed by atoms with Crippen molar-refractivity contribution in [2.45, 2.75) is 26.2 Å². The van der Waals surface area contributed by atoms with E-state index in [1.807, 2.05) is 25.4 Å². The summed E-state index contributed by atoms with van der Waals surface area (Å²) < 4.78 is 18.8. The zero-order valence-corrected chi connectivity index (χ0v) is 18.3. The van der Waals surface area contributed by atoms with Crippen LogP contribution in [0.15, 0.2) is 48.4 Å². The summed E-state index contributed by atoms with van der Waals surface area (Å²) in [4.78, 5) is 33.5. The molecule has 0 radical (unpaired) electrons. The van der Waals surface area contributed by atoms with E-state index in [1.165, 1.54) is 4.90 Å². The van der Waals surface area contributed by atoms with Crippen LogP contribution in [0.2, 0.25) is 0 Å². The minimum atomic E-state index is -0.374. The molecule has 0 aliphatic carbocycles. The number of nitrogens with zero attached hydrogens (tertiary/aromatic N) is 5. The van der Waals surface area contributed by atoms with Crippen molar-refractivity contribution in [2.75, 3.05) is 32.8 Å². The smallest absolute Gasteiger partial charge is 0.293 e. The number of aromatic nitrogens is 3. The number of ether oxygens (including phenoxy) is 3. The minimum absolute atomic E-state index is 0.0612. The van der Waals surface area contributed by atoms with Crippen molar-refractivity contribution in [2.24, 2.45) is 7.05 Å². The molecule has 170 valence electrons. The molecule has 4 heterocycles. The first-order valence-electron chi connectivity index (χ1n) is 10.5. The van der Waals surface area contributed by atoms with Gasteiger partial charge in [0.2, 0.25) is 11.7 Å². The molecule has 2 aromatic heterocycles. The van der Waals surface area contributed by atoms with Gasteiger partial charge >= 0.3 is 0 Å². The summed E-state index contributed by atoms with van der Waals surface area (Å²) in [6.07, 6.45) is 6.64. The quantitative estimate of drug-likeness (QED) is 0.655. The van der Waals surface area contributed by atoms with Crippen LogP contribution in [-0.4, -0.2) is 75.3 Å². The van der Waals surface area contributed by atoms with Crippen LogP contribution in [0.4, 0.5) is 0 Å². The van der Waals surface area contributed by atoms with Crippen molar-refractivity contribution < 1.29 is 23.8 Å². The van der Waals surface area contributed by atoms with Crippen LogP contribution in [0.25, 0.3) is 0 Å². The Labute approximate surface area is 186 Å². The van der Waals surface area contributed by atoms with E-state index in [0.717, 1.165) is 11.1 Å². The molecule has 2 aliphatic heterocycles. The molecule has 1 atom stereocenters. The number of rotatable bonds is 6. The summed E-state index contributed by atoms with van der Waals surface area (Å²) in [7, 11) is 1.83. The predicted molar refractivity (Wildman–Crippen MR) is 113 cm³/mol. The Morgan fingerprint density at radius 2 is 1.97 bits per heavy atom. The maximum Gasteiger partial charge on any atom is 0.293 e. The summed E-state index contributed by atoms with van der Waals surface area (Å²) >= 11 is 0. The number of aryl methyl sites for hydroxylation is 1. The molecule has 10 nitrogen and oxygen atoms in total. The van der Waals surface area contributed by atoms with E-state index < -0.39 is 0 Å². The van der Waals surface area contributed by atoms with E-state index in [-0.39, 0.29) is 36.8 Å². The summed E-state index contributed by atoms with van der Waals surface area (Å²) in [5.41, 5.74) is 1.88. The third-order valence-electron chi connectivity index (χ3n) is 5.34. The summed E-state index contributed by atoms with van der Waals surface area (Å²) in [5, 5.41) is 4.18. The number of amides is 2. The highest BCUT2D eigenvalue weighted by atomic mass is 16.6. The molecule has 0 N–H and O–H groups in total. The highest BCUT2D eigenvalue weighted by Gasteiger charge is 2.34. The number of carbonyl (C=O) groups is 2. The van der Waals surface area contributed by atoms with E-state index in [1.54, 1.807) is 35.1 Å². The first-order valence-corrected chi connectivity index (χ1v) is 10.5. The summed E-state index contributed by atoms with van der Waals surface area (Å²) in [5.74, 6) is 0.0561. The fourth-order valence-electron chi connectivity index (χ4n) is 3.72. The third-order valence-corrected chi connectivity index (χ3v) is 5.34. The third kappa shape index (κ3) is 5.25. The van der Waals surface area contributed by atoms with Gasteiger partial charge < -0.3 is 24.0 Å². The van der Waals surface area contributed by atoms with Gasteiger partial charge in [-0.3, -0.25) is 19.3 Å². The van der Waals surface area contributed by atoms with Crippen LogP contribution in [0, 0.1) is 0 Å². The molecule has 4 rings (SSSR count). The number of hydrogen-bond donors (Lipinski definition) is 0. The van der Waals surface area contributed by atoms with Gasteiger partial charge in [-0.05, 0) is 24.6 Å². The Hall–Kier alpha value is -3.40. The standard InChI is InChI=1S/C22H27N5O5/c1-16-21(31-8-7-30-16)22(29)27-13-19(32-15-17-3-5-23-6-4-17)12-26(20(28)14-27)11-18-9-24-25(2)10-18/h3-6,9-10,19H,7-8,11-15H2,1-2H3. The SMILES string of the molecule is CC1=C(C(=O)N2CC(=O)N(Cc3cnn(C)c3)CC(OCc3ccncc3)C2)OCCO1. The van der Waals surface area contributed by atoms with Gasteiger partial charge in [-0.15, -0.1) is 0 Å². The zero-order valence-electron chi connectivity index (χ0n) is 18.3. The van der Waals surface area contributed by atoms with Crippen LogP contribution in [-0.2, 0) is 44.0 Å². The first kappa shape index (κ1) is 21.8.